The Hall–Kier alpha value is -1.36. The van der Waals surface area contributed by atoms with Gasteiger partial charge in [0.05, 0.1) is 6.10 Å². The van der Waals surface area contributed by atoms with Gasteiger partial charge in [0.1, 0.15) is 0 Å². The fraction of sp³-hybridized carbons (Fsp3) is 0.667. The highest BCUT2D eigenvalue weighted by Crippen LogP contribution is 2.02. The minimum atomic E-state index is -0.476. The molecule has 0 radical (unpaired) electrons. The lowest BCUT2D eigenvalue weighted by Crippen LogP contribution is -2.30. The van der Waals surface area contributed by atoms with Gasteiger partial charge in [-0.15, -0.1) is 0 Å². The molecule has 0 fully saturated rings. The molecule has 1 atom stereocenters. The van der Waals surface area contributed by atoms with E-state index in [1.54, 1.807) is 17.0 Å². The standard InChI is InChI=1S/C12H21N3O2/c1-4-6-15-7-5-13-11(12(15)17)14-8-10(16)9(2)3/h5,7,9-10,16H,4,6,8H2,1-3H3,(H,13,14). The summed E-state index contributed by atoms with van der Waals surface area (Å²) < 4.78 is 1.62. The Labute approximate surface area is 102 Å². The molecule has 0 saturated carbocycles. The third-order valence-electron chi connectivity index (χ3n) is 2.63. The summed E-state index contributed by atoms with van der Waals surface area (Å²) in [6.45, 7) is 6.90. The first-order valence-electron chi connectivity index (χ1n) is 6.03. The lowest BCUT2D eigenvalue weighted by Gasteiger charge is -2.15. The number of aryl methyl sites for hydroxylation is 1. The van der Waals surface area contributed by atoms with Crippen LogP contribution in [-0.2, 0) is 6.54 Å². The van der Waals surface area contributed by atoms with Crippen LogP contribution in [0, 0.1) is 5.92 Å². The molecule has 1 aromatic rings. The normalized spacial score (nSPS) is 12.8. The van der Waals surface area contributed by atoms with Crippen LogP contribution in [0.1, 0.15) is 27.2 Å². The first-order valence-corrected chi connectivity index (χ1v) is 6.03. The molecular formula is C12H21N3O2. The summed E-state index contributed by atoms with van der Waals surface area (Å²) in [6.07, 6.45) is 3.70. The van der Waals surface area contributed by atoms with E-state index in [1.807, 2.05) is 20.8 Å². The number of rotatable bonds is 6. The van der Waals surface area contributed by atoms with Crippen molar-refractivity contribution in [3.8, 4) is 0 Å². The predicted molar refractivity (Wildman–Crippen MR) is 68.1 cm³/mol. The van der Waals surface area contributed by atoms with E-state index in [2.05, 4.69) is 10.3 Å². The van der Waals surface area contributed by atoms with Crippen LogP contribution in [0.25, 0.3) is 0 Å². The number of hydrogen-bond donors (Lipinski definition) is 2. The lowest BCUT2D eigenvalue weighted by atomic mass is 10.1. The Balaban J connectivity index is 2.72. The van der Waals surface area contributed by atoms with Gasteiger partial charge in [-0.3, -0.25) is 4.79 Å². The van der Waals surface area contributed by atoms with E-state index >= 15 is 0 Å². The van der Waals surface area contributed by atoms with Crippen molar-refractivity contribution < 1.29 is 5.11 Å². The molecule has 0 aliphatic heterocycles. The zero-order valence-electron chi connectivity index (χ0n) is 10.7. The minimum absolute atomic E-state index is 0.134. The summed E-state index contributed by atoms with van der Waals surface area (Å²) in [5, 5.41) is 12.6. The van der Waals surface area contributed by atoms with Crippen molar-refractivity contribution in [1.29, 1.82) is 0 Å². The molecule has 5 heteroatoms. The number of nitrogens with zero attached hydrogens (tertiary/aromatic N) is 2. The van der Waals surface area contributed by atoms with E-state index in [9.17, 15) is 9.90 Å². The molecular weight excluding hydrogens is 218 g/mol. The number of nitrogens with one attached hydrogen (secondary N) is 1. The summed E-state index contributed by atoms with van der Waals surface area (Å²) in [6, 6.07) is 0. The maximum atomic E-state index is 11.9. The molecule has 0 spiro atoms. The SMILES string of the molecule is CCCn1ccnc(NCC(O)C(C)C)c1=O. The molecule has 1 heterocycles. The third-order valence-corrected chi connectivity index (χ3v) is 2.63. The van der Waals surface area contributed by atoms with Crippen molar-refractivity contribution in [2.45, 2.75) is 39.8 Å². The second kappa shape index (κ2) is 6.39. The molecule has 2 N–H and O–H groups in total. The maximum Gasteiger partial charge on any atom is 0.293 e. The molecule has 1 aromatic heterocycles. The molecule has 0 aromatic carbocycles. The van der Waals surface area contributed by atoms with Crippen molar-refractivity contribution >= 4 is 5.82 Å². The summed E-state index contributed by atoms with van der Waals surface area (Å²) >= 11 is 0. The number of aromatic nitrogens is 2. The fourth-order valence-corrected chi connectivity index (χ4v) is 1.42. The van der Waals surface area contributed by atoms with Crippen LogP contribution >= 0.6 is 0 Å². The van der Waals surface area contributed by atoms with Crippen molar-refractivity contribution in [3.05, 3.63) is 22.7 Å². The van der Waals surface area contributed by atoms with Gasteiger partial charge in [0.15, 0.2) is 5.82 Å². The summed E-state index contributed by atoms with van der Waals surface area (Å²) in [5.41, 5.74) is -0.134. The van der Waals surface area contributed by atoms with Crippen molar-refractivity contribution in [3.63, 3.8) is 0 Å². The van der Waals surface area contributed by atoms with Crippen LogP contribution in [0.15, 0.2) is 17.2 Å². The Morgan fingerprint density at radius 2 is 2.24 bits per heavy atom. The van der Waals surface area contributed by atoms with Crippen molar-refractivity contribution in [2.24, 2.45) is 5.92 Å². The summed E-state index contributed by atoms with van der Waals surface area (Å²) in [5.74, 6) is 0.463. The van der Waals surface area contributed by atoms with Gasteiger partial charge in [-0.1, -0.05) is 20.8 Å². The fourth-order valence-electron chi connectivity index (χ4n) is 1.42. The van der Waals surface area contributed by atoms with Gasteiger partial charge in [0, 0.05) is 25.5 Å². The molecule has 96 valence electrons. The largest absolute Gasteiger partial charge is 0.391 e. The average molecular weight is 239 g/mol. The highest BCUT2D eigenvalue weighted by Gasteiger charge is 2.10. The van der Waals surface area contributed by atoms with Gasteiger partial charge in [-0.25, -0.2) is 4.98 Å². The van der Waals surface area contributed by atoms with Crippen molar-refractivity contribution in [1.82, 2.24) is 9.55 Å². The smallest absolute Gasteiger partial charge is 0.293 e. The van der Waals surface area contributed by atoms with E-state index < -0.39 is 6.10 Å². The molecule has 0 aliphatic rings. The molecule has 1 unspecified atom stereocenters. The quantitative estimate of drug-likeness (QED) is 0.779. The van der Waals surface area contributed by atoms with Gasteiger partial charge in [-0.2, -0.15) is 0 Å². The predicted octanol–water partition coefficient (Wildman–Crippen LogP) is 1.08. The van der Waals surface area contributed by atoms with Gasteiger partial charge in [0.25, 0.3) is 5.56 Å². The van der Waals surface area contributed by atoms with Crippen LogP contribution in [0.4, 0.5) is 5.82 Å². The molecule has 17 heavy (non-hydrogen) atoms. The van der Waals surface area contributed by atoms with E-state index in [1.165, 1.54) is 0 Å². The monoisotopic (exact) mass is 239 g/mol. The molecule has 0 bridgehead atoms. The average Bonchev–Trinajstić information content (AvgIpc) is 2.30. The highest BCUT2D eigenvalue weighted by molar-refractivity contribution is 5.30. The molecule has 0 amide bonds. The topological polar surface area (TPSA) is 67.2 Å². The minimum Gasteiger partial charge on any atom is -0.391 e. The lowest BCUT2D eigenvalue weighted by molar-refractivity contribution is 0.138. The second-order valence-electron chi connectivity index (χ2n) is 4.47. The first-order chi connectivity index (χ1) is 8.06. The third kappa shape index (κ3) is 3.85. The maximum absolute atomic E-state index is 11.9. The zero-order valence-corrected chi connectivity index (χ0v) is 10.7. The Bertz CT molecular complexity index is 401. The van der Waals surface area contributed by atoms with Crippen LogP contribution < -0.4 is 10.9 Å². The Morgan fingerprint density at radius 3 is 2.82 bits per heavy atom. The van der Waals surface area contributed by atoms with E-state index in [-0.39, 0.29) is 11.5 Å². The van der Waals surface area contributed by atoms with E-state index in [0.717, 1.165) is 6.42 Å². The summed E-state index contributed by atoms with van der Waals surface area (Å²) in [7, 11) is 0. The van der Waals surface area contributed by atoms with Crippen LogP contribution in [0.3, 0.4) is 0 Å². The van der Waals surface area contributed by atoms with Crippen molar-refractivity contribution in [2.75, 3.05) is 11.9 Å². The number of hydrogen-bond acceptors (Lipinski definition) is 4. The number of aliphatic hydroxyl groups excluding tert-OH is 1. The van der Waals surface area contributed by atoms with Gasteiger partial charge < -0.3 is 15.0 Å². The van der Waals surface area contributed by atoms with Crippen LogP contribution in [0.5, 0.6) is 0 Å². The summed E-state index contributed by atoms with van der Waals surface area (Å²) in [4.78, 5) is 15.9. The van der Waals surface area contributed by atoms with E-state index in [0.29, 0.717) is 18.9 Å². The van der Waals surface area contributed by atoms with Gasteiger partial charge in [-0.05, 0) is 12.3 Å². The molecule has 0 saturated heterocycles. The van der Waals surface area contributed by atoms with Crippen LogP contribution in [0.2, 0.25) is 0 Å². The highest BCUT2D eigenvalue weighted by atomic mass is 16.3. The second-order valence-corrected chi connectivity index (χ2v) is 4.47. The number of anilines is 1. The molecule has 5 nitrogen and oxygen atoms in total. The van der Waals surface area contributed by atoms with E-state index in [4.69, 9.17) is 0 Å². The zero-order chi connectivity index (χ0) is 12.8. The molecule has 1 rings (SSSR count). The van der Waals surface area contributed by atoms with Gasteiger partial charge >= 0.3 is 0 Å². The first kappa shape index (κ1) is 13.7. The van der Waals surface area contributed by atoms with Gasteiger partial charge in [0.2, 0.25) is 0 Å². The Kier molecular flexibility index (Phi) is 5.15. The van der Waals surface area contributed by atoms with Crippen LogP contribution in [-0.4, -0.2) is 27.3 Å². The Morgan fingerprint density at radius 1 is 1.53 bits per heavy atom. The number of aliphatic hydroxyl groups is 1. The molecule has 0 aliphatic carbocycles.